The van der Waals surface area contributed by atoms with Gasteiger partial charge in [-0.05, 0) is 25.8 Å². The number of aromatic nitrogens is 2. The Balaban J connectivity index is 1.76. The van der Waals surface area contributed by atoms with E-state index >= 15 is 0 Å². The number of hydrogen-bond donors (Lipinski definition) is 2. The van der Waals surface area contributed by atoms with Gasteiger partial charge in [-0.15, -0.1) is 0 Å². The summed E-state index contributed by atoms with van der Waals surface area (Å²) in [4.78, 5) is 17.6. The summed E-state index contributed by atoms with van der Waals surface area (Å²) in [5.41, 5.74) is -0.0898. The van der Waals surface area contributed by atoms with Crippen LogP contribution in [0.25, 0.3) is 0 Å². The molecule has 1 aliphatic rings. The topological polar surface area (TPSA) is 93.0 Å². The van der Waals surface area contributed by atoms with Crippen LogP contribution in [0, 0.1) is 10.1 Å². The Morgan fingerprint density at radius 2 is 2.29 bits per heavy atom. The highest BCUT2D eigenvalue weighted by atomic mass is 16.6. The molecular formula is C10H15N5O2. The van der Waals surface area contributed by atoms with E-state index in [1.165, 1.54) is 25.2 Å². The summed E-state index contributed by atoms with van der Waals surface area (Å²) in [6.45, 7) is 1.87. The van der Waals surface area contributed by atoms with Crippen LogP contribution < -0.4 is 10.6 Å². The highest BCUT2D eigenvalue weighted by molar-refractivity contribution is 5.30. The minimum absolute atomic E-state index is 0.0898. The standard InChI is InChI=1S/C10H15N5O2/c16-15(17)9-6-13-10(14-7-9)12-5-3-8-2-1-4-11-8/h6-8,11H,1-5H2,(H,12,13,14)/t8-/m0/s1. The molecule has 1 aromatic heterocycles. The van der Waals surface area contributed by atoms with Crippen LogP contribution in [0.15, 0.2) is 12.4 Å². The summed E-state index contributed by atoms with van der Waals surface area (Å²) in [7, 11) is 0. The Bertz CT molecular complexity index is 375. The van der Waals surface area contributed by atoms with Crippen LogP contribution in [0.1, 0.15) is 19.3 Å². The molecule has 1 saturated heterocycles. The van der Waals surface area contributed by atoms with Gasteiger partial charge in [0.15, 0.2) is 0 Å². The molecular weight excluding hydrogens is 222 g/mol. The van der Waals surface area contributed by atoms with Crippen molar-refractivity contribution in [3.05, 3.63) is 22.5 Å². The highest BCUT2D eigenvalue weighted by Gasteiger charge is 2.13. The molecule has 92 valence electrons. The maximum absolute atomic E-state index is 10.4. The number of rotatable bonds is 5. The normalized spacial score (nSPS) is 19.2. The monoisotopic (exact) mass is 237 g/mol. The Morgan fingerprint density at radius 1 is 1.53 bits per heavy atom. The van der Waals surface area contributed by atoms with Crippen molar-refractivity contribution < 1.29 is 4.92 Å². The molecule has 0 aromatic carbocycles. The van der Waals surface area contributed by atoms with Crippen molar-refractivity contribution in [1.29, 1.82) is 0 Å². The van der Waals surface area contributed by atoms with Crippen molar-refractivity contribution in [1.82, 2.24) is 15.3 Å². The number of anilines is 1. The first-order valence-corrected chi connectivity index (χ1v) is 5.69. The van der Waals surface area contributed by atoms with E-state index in [0.717, 1.165) is 19.5 Å². The van der Waals surface area contributed by atoms with Gasteiger partial charge in [0.05, 0.1) is 4.92 Å². The van der Waals surface area contributed by atoms with Crippen LogP contribution in [-0.2, 0) is 0 Å². The summed E-state index contributed by atoms with van der Waals surface area (Å²) >= 11 is 0. The summed E-state index contributed by atoms with van der Waals surface area (Å²) in [6, 6.07) is 0.570. The SMILES string of the molecule is O=[N+]([O-])c1cnc(NCC[C@@H]2CCCN2)nc1. The molecule has 17 heavy (non-hydrogen) atoms. The Labute approximate surface area is 98.8 Å². The third-order valence-electron chi connectivity index (χ3n) is 2.79. The van der Waals surface area contributed by atoms with Gasteiger partial charge >= 0.3 is 5.69 Å². The second-order valence-electron chi connectivity index (χ2n) is 4.03. The fraction of sp³-hybridized carbons (Fsp3) is 0.600. The van der Waals surface area contributed by atoms with Crippen LogP contribution in [0.4, 0.5) is 11.6 Å². The third-order valence-corrected chi connectivity index (χ3v) is 2.79. The highest BCUT2D eigenvalue weighted by Crippen LogP contribution is 2.10. The molecule has 0 saturated carbocycles. The predicted octanol–water partition coefficient (Wildman–Crippen LogP) is 0.939. The van der Waals surface area contributed by atoms with Crippen LogP contribution in [0.3, 0.4) is 0 Å². The summed E-state index contributed by atoms with van der Waals surface area (Å²) < 4.78 is 0. The third kappa shape index (κ3) is 3.35. The van der Waals surface area contributed by atoms with Gasteiger partial charge in [-0.2, -0.15) is 0 Å². The zero-order valence-electron chi connectivity index (χ0n) is 9.43. The minimum Gasteiger partial charge on any atom is -0.354 e. The number of nitro groups is 1. The lowest BCUT2D eigenvalue weighted by molar-refractivity contribution is -0.385. The lowest BCUT2D eigenvalue weighted by Gasteiger charge is -2.10. The minimum atomic E-state index is -0.508. The molecule has 0 radical (unpaired) electrons. The first-order chi connectivity index (χ1) is 8.25. The molecule has 1 aromatic rings. The van der Waals surface area contributed by atoms with Gasteiger partial charge in [-0.25, -0.2) is 9.97 Å². The van der Waals surface area contributed by atoms with Crippen LogP contribution in [0.5, 0.6) is 0 Å². The van der Waals surface area contributed by atoms with E-state index in [4.69, 9.17) is 0 Å². The van der Waals surface area contributed by atoms with E-state index in [2.05, 4.69) is 20.6 Å². The molecule has 2 rings (SSSR count). The van der Waals surface area contributed by atoms with Crippen molar-refractivity contribution in [2.75, 3.05) is 18.4 Å². The van der Waals surface area contributed by atoms with Crippen molar-refractivity contribution in [2.24, 2.45) is 0 Å². The number of hydrogen-bond acceptors (Lipinski definition) is 6. The van der Waals surface area contributed by atoms with E-state index in [-0.39, 0.29) is 5.69 Å². The zero-order valence-corrected chi connectivity index (χ0v) is 9.43. The smallest absolute Gasteiger partial charge is 0.305 e. The second kappa shape index (κ2) is 5.53. The van der Waals surface area contributed by atoms with Gasteiger partial charge < -0.3 is 10.6 Å². The summed E-state index contributed by atoms with van der Waals surface area (Å²) in [6.07, 6.45) is 5.88. The second-order valence-corrected chi connectivity index (χ2v) is 4.03. The molecule has 1 aliphatic heterocycles. The maximum atomic E-state index is 10.4. The van der Waals surface area contributed by atoms with Gasteiger partial charge in [-0.3, -0.25) is 10.1 Å². The van der Waals surface area contributed by atoms with Gasteiger partial charge in [0, 0.05) is 12.6 Å². The maximum Gasteiger partial charge on any atom is 0.305 e. The molecule has 2 heterocycles. The van der Waals surface area contributed by atoms with E-state index in [9.17, 15) is 10.1 Å². The van der Waals surface area contributed by atoms with Crippen molar-refractivity contribution >= 4 is 11.6 Å². The van der Waals surface area contributed by atoms with Crippen LogP contribution >= 0.6 is 0 Å². The largest absolute Gasteiger partial charge is 0.354 e. The first kappa shape index (κ1) is 11.7. The summed E-state index contributed by atoms with van der Waals surface area (Å²) in [5.74, 6) is 0.439. The average Bonchev–Trinajstić information content (AvgIpc) is 2.83. The molecule has 0 spiro atoms. The van der Waals surface area contributed by atoms with E-state index < -0.39 is 4.92 Å². The Morgan fingerprint density at radius 3 is 2.88 bits per heavy atom. The van der Waals surface area contributed by atoms with E-state index in [0.29, 0.717) is 12.0 Å². The molecule has 7 nitrogen and oxygen atoms in total. The fourth-order valence-electron chi connectivity index (χ4n) is 1.87. The average molecular weight is 237 g/mol. The predicted molar refractivity (Wildman–Crippen MR) is 62.8 cm³/mol. The van der Waals surface area contributed by atoms with Crippen molar-refractivity contribution in [2.45, 2.75) is 25.3 Å². The van der Waals surface area contributed by atoms with Gasteiger partial charge in [-0.1, -0.05) is 0 Å². The lowest BCUT2D eigenvalue weighted by Crippen LogP contribution is -2.24. The molecule has 0 aliphatic carbocycles. The summed E-state index contributed by atoms with van der Waals surface area (Å²) in [5, 5.41) is 16.8. The first-order valence-electron chi connectivity index (χ1n) is 5.69. The van der Waals surface area contributed by atoms with Crippen LogP contribution in [-0.4, -0.2) is 34.0 Å². The van der Waals surface area contributed by atoms with Crippen LogP contribution in [0.2, 0.25) is 0 Å². The lowest BCUT2D eigenvalue weighted by atomic mass is 10.1. The molecule has 0 unspecified atom stereocenters. The molecule has 7 heteroatoms. The van der Waals surface area contributed by atoms with Gasteiger partial charge in [0.1, 0.15) is 12.4 Å². The molecule has 0 bridgehead atoms. The Hall–Kier alpha value is -1.76. The molecule has 1 atom stereocenters. The van der Waals surface area contributed by atoms with Crippen molar-refractivity contribution in [3.8, 4) is 0 Å². The number of nitrogens with one attached hydrogen (secondary N) is 2. The zero-order chi connectivity index (χ0) is 12.1. The molecule has 1 fully saturated rings. The Kier molecular flexibility index (Phi) is 3.81. The number of nitrogens with zero attached hydrogens (tertiary/aromatic N) is 3. The van der Waals surface area contributed by atoms with E-state index in [1.807, 2.05) is 0 Å². The van der Waals surface area contributed by atoms with Crippen molar-refractivity contribution in [3.63, 3.8) is 0 Å². The molecule has 0 amide bonds. The quantitative estimate of drug-likeness (QED) is 0.584. The van der Waals surface area contributed by atoms with E-state index in [1.54, 1.807) is 0 Å². The fourth-order valence-corrected chi connectivity index (χ4v) is 1.87. The molecule has 2 N–H and O–H groups in total. The van der Waals surface area contributed by atoms with Gasteiger partial charge in [0.25, 0.3) is 0 Å². The van der Waals surface area contributed by atoms with Gasteiger partial charge in [0.2, 0.25) is 5.95 Å².